The van der Waals surface area contributed by atoms with Gasteiger partial charge in [0.15, 0.2) is 0 Å². The van der Waals surface area contributed by atoms with Crippen LogP contribution in [0.2, 0.25) is 0 Å². The Bertz CT molecular complexity index is 363. The van der Waals surface area contributed by atoms with Gasteiger partial charge in [0, 0.05) is 13.1 Å². The maximum Gasteiger partial charge on any atom is 0.0995 e. The highest BCUT2D eigenvalue weighted by Crippen LogP contribution is 2.11. The zero-order valence-corrected chi connectivity index (χ0v) is 10.4. The van der Waals surface area contributed by atoms with Crippen molar-refractivity contribution in [1.29, 1.82) is 5.26 Å². The predicted octanol–water partition coefficient (Wildman–Crippen LogP) is 3.04. The fourth-order valence-corrected chi connectivity index (χ4v) is 1.83. The highest BCUT2D eigenvalue weighted by atomic mass is 15.1. The predicted molar refractivity (Wildman–Crippen MR) is 66.9 cm³/mol. The molecule has 1 rings (SSSR count). The van der Waals surface area contributed by atoms with Crippen LogP contribution in [-0.2, 0) is 6.54 Å². The van der Waals surface area contributed by atoms with E-state index in [4.69, 9.17) is 5.26 Å². The van der Waals surface area contributed by atoms with E-state index < -0.39 is 0 Å². The molecule has 0 saturated heterocycles. The van der Waals surface area contributed by atoms with E-state index in [9.17, 15) is 0 Å². The Labute approximate surface area is 98.5 Å². The fourth-order valence-electron chi connectivity index (χ4n) is 1.83. The molecule has 0 bridgehead atoms. The molecule has 0 heterocycles. The molecule has 0 atom stereocenters. The summed E-state index contributed by atoms with van der Waals surface area (Å²) in [5.74, 6) is 0.661. The molecule has 1 aromatic carbocycles. The van der Waals surface area contributed by atoms with Crippen molar-refractivity contribution >= 4 is 0 Å². The molecule has 0 N–H and O–H groups in total. The maximum absolute atomic E-state index is 9.02. The third-order valence-corrected chi connectivity index (χ3v) is 2.60. The molecule has 0 aliphatic heterocycles. The number of nitrogens with zero attached hydrogens (tertiary/aromatic N) is 2. The molecular weight excluding hydrogens is 196 g/mol. The molecule has 0 amide bonds. The Hall–Kier alpha value is -1.33. The molecule has 2 nitrogen and oxygen atoms in total. The number of hydrogen-bond donors (Lipinski definition) is 0. The van der Waals surface area contributed by atoms with Crippen LogP contribution < -0.4 is 0 Å². The summed E-state index contributed by atoms with van der Waals surface area (Å²) in [5.41, 5.74) is 1.93. The van der Waals surface area contributed by atoms with Crippen LogP contribution in [-0.4, -0.2) is 18.0 Å². The van der Waals surface area contributed by atoms with E-state index in [1.54, 1.807) is 0 Å². The summed E-state index contributed by atoms with van der Waals surface area (Å²) in [7, 11) is 0. The van der Waals surface area contributed by atoms with Crippen molar-refractivity contribution in [2.24, 2.45) is 5.92 Å². The number of nitriles is 1. The van der Waals surface area contributed by atoms with E-state index >= 15 is 0 Å². The smallest absolute Gasteiger partial charge is 0.0995 e. The van der Waals surface area contributed by atoms with E-state index in [1.165, 1.54) is 0 Å². The molecule has 0 fully saturated rings. The summed E-state index contributed by atoms with van der Waals surface area (Å²) in [4.78, 5) is 2.38. The van der Waals surface area contributed by atoms with Crippen LogP contribution >= 0.6 is 0 Å². The molecule has 16 heavy (non-hydrogen) atoms. The van der Waals surface area contributed by atoms with Crippen LogP contribution in [0.4, 0.5) is 0 Å². The number of hydrogen-bond acceptors (Lipinski definition) is 2. The first-order valence-corrected chi connectivity index (χ1v) is 5.87. The Kier molecular flexibility index (Phi) is 5.01. The summed E-state index contributed by atoms with van der Waals surface area (Å²) < 4.78 is 0. The van der Waals surface area contributed by atoms with Crippen molar-refractivity contribution in [3.63, 3.8) is 0 Å². The second-order valence-corrected chi connectivity index (χ2v) is 4.49. The van der Waals surface area contributed by atoms with Gasteiger partial charge in [-0.2, -0.15) is 5.26 Å². The normalized spacial score (nSPS) is 10.8. The van der Waals surface area contributed by atoms with Crippen LogP contribution in [0.25, 0.3) is 0 Å². The van der Waals surface area contributed by atoms with Gasteiger partial charge in [-0.05, 0) is 24.1 Å². The van der Waals surface area contributed by atoms with Crippen LogP contribution in [0.5, 0.6) is 0 Å². The molecule has 0 spiro atoms. The lowest BCUT2D eigenvalue weighted by molar-refractivity contribution is 0.248. The lowest BCUT2D eigenvalue weighted by Crippen LogP contribution is -2.27. The van der Waals surface area contributed by atoms with Gasteiger partial charge in [-0.3, -0.25) is 4.90 Å². The van der Waals surface area contributed by atoms with Crippen LogP contribution in [0.15, 0.2) is 24.3 Å². The van der Waals surface area contributed by atoms with Gasteiger partial charge < -0.3 is 0 Å². The standard InChI is InChI=1S/C14H20N2/c1-4-16(10-12(2)3)11-14-8-6-5-7-13(14)9-15/h5-8,12H,4,10-11H2,1-3H3. The Morgan fingerprint density at radius 3 is 2.56 bits per heavy atom. The van der Waals surface area contributed by atoms with E-state index in [2.05, 4.69) is 31.7 Å². The van der Waals surface area contributed by atoms with Gasteiger partial charge in [0.25, 0.3) is 0 Å². The first kappa shape index (κ1) is 12.7. The average Bonchev–Trinajstić information content (AvgIpc) is 2.28. The van der Waals surface area contributed by atoms with Crippen molar-refractivity contribution in [2.75, 3.05) is 13.1 Å². The highest BCUT2D eigenvalue weighted by molar-refractivity contribution is 5.37. The zero-order chi connectivity index (χ0) is 12.0. The molecule has 0 radical (unpaired) electrons. The first-order valence-electron chi connectivity index (χ1n) is 5.87. The molecule has 0 unspecified atom stereocenters. The molecule has 0 aliphatic rings. The first-order chi connectivity index (χ1) is 7.67. The van der Waals surface area contributed by atoms with Crippen molar-refractivity contribution in [2.45, 2.75) is 27.3 Å². The van der Waals surface area contributed by atoms with Crippen molar-refractivity contribution < 1.29 is 0 Å². The van der Waals surface area contributed by atoms with Crippen molar-refractivity contribution in [3.8, 4) is 6.07 Å². The summed E-state index contributed by atoms with van der Waals surface area (Å²) in [6.07, 6.45) is 0. The number of rotatable bonds is 5. The van der Waals surface area contributed by atoms with E-state index in [1.807, 2.05) is 24.3 Å². The van der Waals surface area contributed by atoms with Gasteiger partial charge in [0.2, 0.25) is 0 Å². The third kappa shape index (κ3) is 3.67. The second kappa shape index (κ2) is 6.30. The van der Waals surface area contributed by atoms with Crippen LogP contribution in [0.1, 0.15) is 31.9 Å². The molecule has 1 aromatic rings. The minimum absolute atomic E-state index is 0.661. The molecule has 86 valence electrons. The Balaban J connectivity index is 2.74. The van der Waals surface area contributed by atoms with Gasteiger partial charge in [0.05, 0.1) is 11.6 Å². The maximum atomic E-state index is 9.02. The average molecular weight is 216 g/mol. The van der Waals surface area contributed by atoms with Gasteiger partial charge in [-0.15, -0.1) is 0 Å². The lowest BCUT2D eigenvalue weighted by Gasteiger charge is -2.22. The molecule has 2 heteroatoms. The topological polar surface area (TPSA) is 27.0 Å². The fraction of sp³-hybridized carbons (Fsp3) is 0.500. The molecular formula is C14H20N2. The lowest BCUT2D eigenvalue weighted by atomic mass is 10.1. The zero-order valence-electron chi connectivity index (χ0n) is 10.4. The molecule has 0 saturated carbocycles. The third-order valence-electron chi connectivity index (χ3n) is 2.60. The van der Waals surface area contributed by atoms with E-state index in [-0.39, 0.29) is 0 Å². The summed E-state index contributed by atoms with van der Waals surface area (Å²) >= 11 is 0. The highest BCUT2D eigenvalue weighted by Gasteiger charge is 2.08. The molecule has 0 aromatic heterocycles. The largest absolute Gasteiger partial charge is 0.299 e. The van der Waals surface area contributed by atoms with Crippen LogP contribution in [0.3, 0.4) is 0 Å². The SMILES string of the molecule is CCN(Cc1ccccc1C#N)CC(C)C. The monoisotopic (exact) mass is 216 g/mol. The quantitative estimate of drug-likeness (QED) is 0.756. The number of benzene rings is 1. The van der Waals surface area contributed by atoms with Gasteiger partial charge in [0.1, 0.15) is 0 Å². The Morgan fingerprint density at radius 2 is 2.00 bits per heavy atom. The van der Waals surface area contributed by atoms with E-state index in [0.29, 0.717) is 5.92 Å². The van der Waals surface area contributed by atoms with Crippen molar-refractivity contribution in [3.05, 3.63) is 35.4 Å². The Morgan fingerprint density at radius 1 is 1.31 bits per heavy atom. The summed E-state index contributed by atoms with van der Waals surface area (Å²) in [6.45, 7) is 9.59. The van der Waals surface area contributed by atoms with Gasteiger partial charge >= 0.3 is 0 Å². The van der Waals surface area contributed by atoms with Gasteiger partial charge in [-0.1, -0.05) is 39.0 Å². The summed E-state index contributed by atoms with van der Waals surface area (Å²) in [6, 6.07) is 10.1. The van der Waals surface area contributed by atoms with Crippen molar-refractivity contribution in [1.82, 2.24) is 4.90 Å². The van der Waals surface area contributed by atoms with Crippen LogP contribution in [0, 0.1) is 17.2 Å². The van der Waals surface area contributed by atoms with Gasteiger partial charge in [-0.25, -0.2) is 0 Å². The summed E-state index contributed by atoms with van der Waals surface area (Å²) in [5, 5.41) is 9.02. The van der Waals surface area contributed by atoms with E-state index in [0.717, 1.165) is 30.8 Å². The molecule has 0 aliphatic carbocycles. The minimum Gasteiger partial charge on any atom is -0.299 e. The minimum atomic E-state index is 0.661. The second-order valence-electron chi connectivity index (χ2n) is 4.49.